The Hall–Kier alpha value is 0.430. The van der Waals surface area contributed by atoms with Crippen LogP contribution in [0, 0.1) is 0 Å². The molecule has 0 fully saturated rings. The second-order valence-electron chi connectivity index (χ2n) is 4.18. The van der Waals surface area contributed by atoms with Gasteiger partial charge < -0.3 is 0 Å². The first kappa shape index (κ1) is 8.43. The SMILES string of the molecule is CC(C)(C)[P+](C)(C)C. The van der Waals surface area contributed by atoms with E-state index in [9.17, 15) is 0 Å². The summed E-state index contributed by atoms with van der Waals surface area (Å²) in [6.07, 6.45) is 0. The van der Waals surface area contributed by atoms with E-state index in [4.69, 9.17) is 0 Å². The van der Waals surface area contributed by atoms with Gasteiger partial charge in [0.05, 0.1) is 5.16 Å². The molecule has 8 heavy (non-hydrogen) atoms. The van der Waals surface area contributed by atoms with E-state index in [1.165, 1.54) is 0 Å². The third kappa shape index (κ3) is 2.13. The van der Waals surface area contributed by atoms with Gasteiger partial charge in [0, 0.05) is 27.3 Å². The molecule has 0 saturated carbocycles. The highest BCUT2D eigenvalue weighted by Gasteiger charge is 2.34. The highest BCUT2D eigenvalue weighted by Crippen LogP contribution is 2.58. The second-order valence-corrected chi connectivity index (χ2v) is 9.55. The number of rotatable bonds is 0. The standard InChI is InChI=1S/C7H18P/c1-7(2,3)8(4,5)6/h1-6H3/q+1. The summed E-state index contributed by atoms with van der Waals surface area (Å²) >= 11 is 0. The van der Waals surface area contributed by atoms with Gasteiger partial charge in [-0.25, -0.2) is 0 Å². The molecular weight excluding hydrogens is 115 g/mol. The van der Waals surface area contributed by atoms with Crippen molar-refractivity contribution < 1.29 is 0 Å². The van der Waals surface area contributed by atoms with E-state index in [1.54, 1.807) is 0 Å². The summed E-state index contributed by atoms with van der Waals surface area (Å²) in [4.78, 5) is 0. The summed E-state index contributed by atoms with van der Waals surface area (Å²) in [6, 6.07) is 0. The fraction of sp³-hybridized carbons (Fsp3) is 1.00. The molecule has 0 rings (SSSR count). The Bertz CT molecular complexity index is 59.4. The van der Waals surface area contributed by atoms with Crippen LogP contribution in [-0.2, 0) is 0 Å². The van der Waals surface area contributed by atoms with E-state index in [-0.39, 0.29) is 0 Å². The highest BCUT2D eigenvalue weighted by atomic mass is 31.2. The smallest absolute Gasteiger partial charge is 0.0260 e. The largest absolute Gasteiger partial charge is 0.0707 e. The van der Waals surface area contributed by atoms with Gasteiger partial charge in [0.1, 0.15) is 0 Å². The van der Waals surface area contributed by atoms with E-state index in [0.29, 0.717) is 5.16 Å². The predicted molar refractivity (Wildman–Crippen MR) is 44.4 cm³/mol. The summed E-state index contributed by atoms with van der Waals surface area (Å²) in [5.41, 5.74) is 0. The van der Waals surface area contributed by atoms with Gasteiger partial charge in [-0.3, -0.25) is 0 Å². The van der Waals surface area contributed by atoms with E-state index in [2.05, 4.69) is 40.8 Å². The molecule has 0 heterocycles. The van der Waals surface area contributed by atoms with E-state index in [1.807, 2.05) is 0 Å². The molecular formula is C7H18P+. The van der Waals surface area contributed by atoms with Crippen LogP contribution in [0.3, 0.4) is 0 Å². The lowest BCUT2D eigenvalue weighted by Gasteiger charge is -2.27. The van der Waals surface area contributed by atoms with Crippen molar-refractivity contribution in [1.29, 1.82) is 0 Å². The molecule has 0 aromatic heterocycles. The molecule has 0 bridgehead atoms. The fourth-order valence-corrected chi connectivity index (χ4v) is 0. The van der Waals surface area contributed by atoms with Crippen LogP contribution in [0.2, 0.25) is 0 Å². The van der Waals surface area contributed by atoms with E-state index < -0.39 is 7.26 Å². The summed E-state index contributed by atoms with van der Waals surface area (Å²) in [7, 11) is -0.600. The molecule has 0 saturated heterocycles. The molecule has 0 spiro atoms. The minimum absolute atomic E-state index is 0.549. The monoisotopic (exact) mass is 133 g/mol. The molecule has 50 valence electrons. The molecule has 0 radical (unpaired) electrons. The van der Waals surface area contributed by atoms with Crippen LogP contribution in [0.4, 0.5) is 0 Å². The first-order chi connectivity index (χ1) is 3.25. The van der Waals surface area contributed by atoms with Crippen molar-refractivity contribution >= 4 is 7.26 Å². The van der Waals surface area contributed by atoms with E-state index in [0.717, 1.165) is 0 Å². The van der Waals surface area contributed by atoms with Crippen molar-refractivity contribution in [3.8, 4) is 0 Å². The molecule has 0 aromatic carbocycles. The minimum Gasteiger partial charge on any atom is -0.0260 e. The van der Waals surface area contributed by atoms with Crippen molar-refractivity contribution in [2.24, 2.45) is 0 Å². The normalized spacial score (nSPS) is 14.2. The highest BCUT2D eigenvalue weighted by molar-refractivity contribution is 7.75. The van der Waals surface area contributed by atoms with Gasteiger partial charge >= 0.3 is 0 Å². The summed E-state index contributed by atoms with van der Waals surface area (Å²) in [5, 5.41) is 0.549. The molecule has 1 heteroatoms. The molecule has 0 amide bonds. The van der Waals surface area contributed by atoms with Gasteiger partial charge in [0.2, 0.25) is 0 Å². The van der Waals surface area contributed by atoms with Gasteiger partial charge in [-0.15, -0.1) is 0 Å². The number of hydrogen-bond acceptors (Lipinski definition) is 0. The lowest BCUT2D eigenvalue weighted by Crippen LogP contribution is -2.17. The van der Waals surface area contributed by atoms with Gasteiger partial charge in [0.15, 0.2) is 0 Å². The Balaban J connectivity index is 4.02. The first-order valence-electron chi connectivity index (χ1n) is 3.07. The molecule has 0 aliphatic heterocycles. The zero-order chi connectivity index (χ0) is 7.00. The Morgan fingerprint density at radius 3 is 1.00 bits per heavy atom. The first-order valence-corrected chi connectivity index (χ1v) is 6.20. The van der Waals surface area contributed by atoms with Crippen LogP contribution >= 0.6 is 7.26 Å². The zero-order valence-electron chi connectivity index (χ0n) is 6.95. The lowest BCUT2D eigenvalue weighted by molar-refractivity contribution is 0.778. The molecule has 0 nitrogen and oxygen atoms in total. The van der Waals surface area contributed by atoms with Crippen LogP contribution in [0.5, 0.6) is 0 Å². The van der Waals surface area contributed by atoms with Crippen LogP contribution in [0.1, 0.15) is 20.8 Å². The van der Waals surface area contributed by atoms with Crippen LogP contribution in [0.15, 0.2) is 0 Å². The average molecular weight is 133 g/mol. The van der Waals surface area contributed by atoms with Gasteiger partial charge in [-0.05, 0) is 20.8 Å². The molecule has 0 aliphatic rings. The lowest BCUT2D eigenvalue weighted by atomic mass is 10.3. The Kier molecular flexibility index (Phi) is 2.10. The summed E-state index contributed by atoms with van der Waals surface area (Å²) < 4.78 is 0. The van der Waals surface area contributed by atoms with Crippen molar-refractivity contribution in [2.45, 2.75) is 25.9 Å². The Labute approximate surface area is 54.0 Å². The second kappa shape index (κ2) is 1.99. The molecule has 0 unspecified atom stereocenters. The predicted octanol–water partition coefficient (Wildman–Crippen LogP) is 2.69. The quantitative estimate of drug-likeness (QED) is 0.446. The maximum atomic E-state index is 2.38. The van der Waals surface area contributed by atoms with Crippen LogP contribution in [0.25, 0.3) is 0 Å². The van der Waals surface area contributed by atoms with Crippen LogP contribution < -0.4 is 0 Å². The van der Waals surface area contributed by atoms with Crippen molar-refractivity contribution in [2.75, 3.05) is 20.0 Å². The molecule has 0 atom stereocenters. The van der Waals surface area contributed by atoms with Crippen LogP contribution in [-0.4, -0.2) is 25.2 Å². The fourth-order valence-electron chi connectivity index (χ4n) is 0. The average Bonchev–Trinajstić information content (AvgIpc) is 1.25. The van der Waals surface area contributed by atoms with Crippen molar-refractivity contribution in [3.05, 3.63) is 0 Å². The van der Waals surface area contributed by atoms with Gasteiger partial charge in [-0.1, -0.05) is 0 Å². The summed E-state index contributed by atoms with van der Waals surface area (Å²) in [5.74, 6) is 0. The molecule has 0 N–H and O–H groups in total. The third-order valence-corrected chi connectivity index (χ3v) is 6.04. The molecule has 0 aromatic rings. The Morgan fingerprint density at radius 2 is 1.00 bits per heavy atom. The van der Waals surface area contributed by atoms with Crippen molar-refractivity contribution in [3.63, 3.8) is 0 Å². The van der Waals surface area contributed by atoms with Gasteiger partial charge in [0.25, 0.3) is 0 Å². The summed E-state index contributed by atoms with van der Waals surface area (Å²) in [6.45, 7) is 14.1. The third-order valence-electron chi connectivity index (χ3n) is 2.01. The van der Waals surface area contributed by atoms with E-state index >= 15 is 0 Å². The topological polar surface area (TPSA) is 0 Å². The van der Waals surface area contributed by atoms with Crippen molar-refractivity contribution in [1.82, 2.24) is 0 Å². The number of hydrogen-bond donors (Lipinski definition) is 0. The molecule has 0 aliphatic carbocycles. The maximum absolute atomic E-state index is 2.38. The minimum atomic E-state index is -0.600. The zero-order valence-corrected chi connectivity index (χ0v) is 7.84. The van der Waals surface area contributed by atoms with Gasteiger partial charge in [-0.2, -0.15) is 0 Å². The Morgan fingerprint density at radius 1 is 0.875 bits per heavy atom. The maximum Gasteiger partial charge on any atom is 0.0707 e.